The maximum Gasteiger partial charge on any atom is 0.0540 e. The molecule has 0 fully saturated rings. The van der Waals surface area contributed by atoms with Gasteiger partial charge in [0.1, 0.15) is 0 Å². The SMILES string of the molecule is c1ccc(-c2ccc(N(c3cccc(-c4ccc5c(c4)c(-c4ccccc4)c(-c4ccccc4)c4ccccc45)c3)c3ccc(-c4ccccc4)c(-c4ccccc4)c3)c(-c3ccccc3)c2)cc1. The fourth-order valence-electron chi connectivity index (χ4n) is 10.2. The zero-order chi connectivity index (χ0) is 45.9. The topological polar surface area (TPSA) is 3.24 Å². The minimum atomic E-state index is 1.07. The third kappa shape index (κ3) is 7.97. The van der Waals surface area contributed by atoms with E-state index in [0.29, 0.717) is 0 Å². The van der Waals surface area contributed by atoms with Crippen molar-refractivity contribution >= 4 is 38.6 Å². The van der Waals surface area contributed by atoms with Crippen LogP contribution in [-0.4, -0.2) is 0 Å². The second-order valence-corrected chi connectivity index (χ2v) is 17.6. The number of fused-ring (bicyclic) bond motifs is 3. The van der Waals surface area contributed by atoms with Gasteiger partial charge in [0.15, 0.2) is 0 Å². The third-order valence-electron chi connectivity index (χ3n) is 13.4. The minimum Gasteiger partial charge on any atom is -0.310 e. The molecule has 0 amide bonds. The van der Waals surface area contributed by atoms with Crippen molar-refractivity contribution in [1.82, 2.24) is 0 Å². The third-order valence-corrected chi connectivity index (χ3v) is 13.4. The molecule has 0 aromatic heterocycles. The fraction of sp³-hybridized carbons (Fsp3) is 0. The molecule has 12 aromatic rings. The average Bonchev–Trinajstić information content (AvgIpc) is 3.44. The van der Waals surface area contributed by atoms with Crippen molar-refractivity contribution in [3.8, 4) is 77.9 Å². The highest BCUT2D eigenvalue weighted by atomic mass is 15.1. The summed E-state index contributed by atoms with van der Waals surface area (Å²) in [6.45, 7) is 0. The van der Waals surface area contributed by atoms with Gasteiger partial charge in [0.2, 0.25) is 0 Å². The van der Waals surface area contributed by atoms with Crippen molar-refractivity contribution in [3.05, 3.63) is 285 Å². The predicted molar refractivity (Wildman–Crippen MR) is 294 cm³/mol. The van der Waals surface area contributed by atoms with Crippen LogP contribution in [0.4, 0.5) is 17.1 Å². The van der Waals surface area contributed by atoms with Gasteiger partial charge in [-0.3, -0.25) is 0 Å². The molecule has 0 spiro atoms. The Labute approximate surface area is 404 Å². The number of hydrogen-bond donors (Lipinski definition) is 0. The Morgan fingerprint density at radius 2 is 0.609 bits per heavy atom. The Morgan fingerprint density at radius 1 is 0.188 bits per heavy atom. The standard InChI is InChI=1S/C68H47N/c1-7-22-48(23-8-1)55-39-43-66(64(45-55)51-28-13-4-14-29-51)69(58-40-42-59(49-24-9-2-10-25-49)63(47-58)50-26-11-3-12-27-50)57-35-21-34-54(44-57)56-38-41-61-60-36-19-20-37-62(60)67(52-30-15-5-16-31-52)68(65(61)46-56)53-32-17-6-18-33-53/h1-47H. The minimum absolute atomic E-state index is 1.07. The molecule has 0 aliphatic rings. The van der Waals surface area contributed by atoms with Gasteiger partial charge in [0, 0.05) is 16.9 Å². The van der Waals surface area contributed by atoms with E-state index in [4.69, 9.17) is 0 Å². The summed E-state index contributed by atoms with van der Waals surface area (Å²) in [6, 6.07) is 104. The molecule has 12 aromatic carbocycles. The van der Waals surface area contributed by atoms with E-state index in [0.717, 1.165) is 39.3 Å². The van der Waals surface area contributed by atoms with Crippen LogP contribution in [0, 0.1) is 0 Å². The zero-order valence-corrected chi connectivity index (χ0v) is 38.1. The normalized spacial score (nSPS) is 11.2. The molecule has 0 heterocycles. The lowest BCUT2D eigenvalue weighted by Crippen LogP contribution is -2.12. The first-order valence-corrected chi connectivity index (χ1v) is 23.7. The van der Waals surface area contributed by atoms with Gasteiger partial charge >= 0.3 is 0 Å². The highest BCUT2D eigenvalue weighted by Gasteiger charge is 2.22. The second-order valence-electron chi connectivity index (χ2n) is 17.6. The number of benzene rings is 12. The van der Waals surface area contributed by atoms with Gasteiger partial charge in [0.05, 0.1) is 5.69 Å². The van der Waals surface area contributed by atoms with E-state index in [-0.39, 0.29) is 0 Å². The molecule has 324 valence electrons. The lowest BCUT2D eigenvalue weighted by molar-refractivity contribution is 1.28. The van der Waals surface area contributed by atoms with Crippen LogP contribution in [0.2, 0.25) is 0 Å². The van der Waals surface area contributed by atoms with E-state index >= 15 is 0 Å². The van der Waals surface area contributed by atoms with E-state index in [1.807, 2.05) is 0 Å². The summed E-state index contributed by atoms with van der Waals surface area (Å²) in [5.74, 6) is 0. The van der Waals surface area contributed by atoms with E-state index in [1.54, 1.807) is 0 Å². The number of anilines is 3. The number of hydrogen-bond acceptors (Lipinski definition) is 1. The summed E-state index contributed by atoms with van der Waals surface area (Å²) < 4.78 is 0. The van der Waals surface area contributed by atoms with Crippen LogP contribution in [0.3, 0.4) is 0 Å². The van der Waals surface area contributed by atoms with Crippen LogP contribution >= 0.6 is 0 Å². The number of rotatable bonds is 10. The van der Waals surface area contributed by atoms with Gasteiger partial charge in [-0.1, -0.05) is 243 Å². The largest absolute Gasteiger partial charge is 0.310 e. The van der Waals surface area contributed by atoms with Gasteiger partial charge in [0.25, 0.3) is 0 Å². The molecule has 0 N–H and O–H groups in total. The van der Waals surface area contributed by atoms with Gasteiger partial charge < -0.3 is 4.90 Å². The molecule has 0 bridgehead atoms. The van der Waals surface area contributed by atoms with Crippen molar-refractivity contribution in [3.63, 3.8) is 0 Å². The Kier molecular flexibility index (Phi) is 11.0. The van der Waals surface area contributed by atoms with Crippen LogP contribution < -0.4 is 4.90 Å². The molecule has 12 rings (SSSR count). The van der Waals surface area contributed by atoms with Gasteiger partial charge in [-0.2, -0.15) is 0 Å². The first kappa shape index (κ1) is 41.4. The van der Waals surface area contributed by atoms with Crippen LogP contribution in [0.15, 0.2) is 285 Å². The van der Waals surface area contributed by atoms with Gasteiger partial charge in [-0.05, 0) is 136 Å². The molecule has 0 atom stereocenters. The molecular weight excluding hydrogens is 831 g/mol. The van der Waals surface area contributed by atoms with Crippen molar-refractivity contribution in [2.75, 3.05) is 4.90 Å². The van der Waals surface area contributed by atoms with Crippen molar-refractivity contribution in [1.29, 1.82) is 0 Å². The van der Waals surface area contributed by atoms with Crippen LogP contribution in [0.25, 0.3) is 99.4 Å². The second kappa shape index (κ2) is 18.3. The lowest BCUT2D eigenvalue weighted by Gasteiger charge is -2.30. The molecule has 0 unspecified atom stereocenters. The Balaban J connectivity index is 1.10. The summed E-state index contributed by atoms with van der Waals surface area (Å²) >= 11 is 0. The van der Waals surface area contributed by atoms with E-state index in [2.05, 4.69) is 290 Å². The fourth-order valence-corrected chi connectivity index (χ4v) is 10.2. The van der Waals surface area contributed by atoms with Crippen LogP contribution in [0.5, 0.6) is 0 Å². The highest BCUT2D eigenvalue weighted by Crippen LogP contribution is 2.48. The summed E-state index contributed by atoms with van der Waals surface area (Å²) in [4.78, 5) is 2.46. The van der Waals surface area contributed by atoms with Crippen LogP contribution in [0.1, 0.15) is 0 Å². The molecule has 0 aliphatic heterocycles. The van der Waals surface area contributed by atoms with Gasteiger partial charge in [-0.25, -0.2) is 0 Å². The van der Waals surface area contributed by atoms with E-state index in [1.165, 1.54) is 77.2 Å². The average molecular weight is 878 g/mol. The summed E-state index contributed by atoms with van der Waals surface area (Å²) in [6.07, 6.45) is 0. The van der Waals surface area contributed by atoms with Crippen molar-refractivity contribution in [2.45, 2.75) is 0 Å². The molecule has 1 nitrogen and oxygen atoms in total. The highest BCUT2D eigenvalue weighted by molar-refractivity contribution is 6.22. The van der Waals surface area contributed by atoms with Crippen molar-refractivity contribution in [2.24, 2.45) is 0 Å². The Morgan fingerprint density at radius 3 is 1.22 bits per heavy atom. The first-order chi connectivity index (χ1) is 34.2. The maximum absolute atomic E-state index is 2.46. The molecular formula is C68H47N. The van der Waals surface area contributed by atoms with E-state index in [9.17, 15) is 0 Å². The lowest BCUT2D eigenvalue weighted by atomic mass is 9.84. The smallest absolute Gasteiger partial charge is 0.0540 e. The first-order valence-electron chi connectivity index (χ1n) is 23.7. The van der Waals surface area contributed by atoms with Gasteiger partial charge in [-0.15, -0.1) is 0 Å². The molecule has 0 radical (unpaired) electrons. The monoisotopic (exact) mass is 877 g/mol. The molecule has 0 saturated heterocycles. The Bertz CT molecular complexity index is 3740. The molecule has 69 heavy (non-hydrogen) atoms. The quantitative estimate of drug-likeness (QED) is 0.124. The van der Waals surface area contributed by atoms with E-state index < -0.39 is 0 Å². The Hall–Kier alpha value is -9.04. The number of nitrogens with zero attached hydrogens (tertiary/aromatic N) is 1. The molecule has 0 saturated carbocycles. The maximum atomic E-state index is 2.46. The molecule has 1 heteroatoms. The molecule has 0 aliphatic carbocycles. The predicted octanol–water partition coefficient (Wildman–Crippen LogP) is 19.1. The summed E-state index contributed by atoms with van der Waals surface area (Å²) in [5.41, 5.74) is 19.8. The van der Waals surface area contributed by atoms with Crippen molar-refractivity contribution < 1.29 is 0 Å². The summed E-state index contributed by atoms with van der Waals surface area (Å²) in [5, 5.41) is 4.97. The van der Waals surface area contributed by atoms with Crippen LogP contribution in [-0.2, 0) is 0 Å². The zero-order valence-electron chi connectivity index (χ0n) is 38.1. The summed E-state index contributed by atoms with van der Waals surface area (Å²) in [7, 11) is 0.